The van der Waals surface area contributed by atoms with E-state index < -0.39 is 0 Å². The number of esters is 1. The molecule has 0 heterocycles. The van der Waals surface area contributed by atoms with Crippen LogP contribution in [0.2, 0.25) is 0 Å². The Hall–Kier alpha value is -1.31. The minimum absolute atomic E-state index is 0.0146. The number of hydrogen-bond acceptors (Lipinski definition) is 2. The highest BCUT2D eigenvalue weighted by Crippen LogP contribution is 2.05. The molecule has 0 saturated heterocycles. The molecule has 1 atom stereocenters. The van der Waals surface area contributed by atoms with Crippen LogP contribution in [-0.4, -0.2) is 12.6 Å². The Morgan fingerprint density at radius 2 is 1.82 bits per heavy atom. The zero-order valence-electron chi connectivity index (χ0n) is 11.4. The molecule has 1 aromatic rings. The van der Waals surface area contributed by atoms with Crippen molar-refractivity contribution < 1.29 is 9.53 Å². The second kappa shape index (κ2) is 9.88. The minimum Gasteiger partial charge on any atom is -0.465 e. The predicted molar refractivity (Wildman–Crippen MR) is 71.9 cm³/mol. The summed E-state index contributed by atoms with van der Waals surface area (Å²) in [5.41, 5.74) is 1.20. The molecule has 0 aliphatic carbocycles. The molecule has 1 aromatic carbocycles. The lowest BCUT2D eigenvalue weighted by atomic mass is 10.1. The molecule has 0 aliphatic rings. The molecule has 0 aliphatic heterocycles. The lowest BCUT2D eigenvalue weighted by molar-refractivity contribution is -0.147. The third-order valence-electron chi connectivity index (χ3n) is 2.49. The van der Waals surface area contributed by atoms with E-state index in [1.807, 2.05) is 58.0 Å². The molecule has 2 nitrogen and oxygen atoms in total. The van der Waals surface area contributed by atoms with Gasteiger partial charge in [-0.25, -0.2) is 0 Å². The Labute approximate surface area is 105 Å². The van der Waals surface area contributed by atoms with Crippen LogP contribution in [0, 0.1) is 5.92 Å². The van der Waals surface area contributed by atoms with E-state index in [1.54, 1.807) is 0 Å². The average Bonchev–Trinajstić information content (AvgIpc) is 2.41. The van der Waals surface area contributed by atoms with Gasteiger partial charge in [0.25, 0.3) is 0 Å². The van der Waals surface area contributed by atoms with E-state index in [4.69, 9.17) is 4.74 Å². The molecule has 0 fully saturated rings. The van der Waals surface area contributed by atoms with Crippen LogP contribution in [0.25, 0.3) is 0 Å². The van der Waals surface area contributed by atoms with E-state index in [0.29, 0.717) is 6.61 Å². The lowest BCUT2D eigenvalue weighted by Gasteiger charge is -2.08. The number of ether oxygens (including phenoxy) is 1. The maximum atomic E-state index is 11.3. The predicted octanol–water partition coefficient (Wildman–Crippen LogP) is 3.84. The van der Waals surface area contributed by atoms with Gasteiger partial charge in [-0.3, -0.25) is 4.79 Å². The molecule has 0 bridgehead atoms. The van der Waals surface area contributed by atoms with Gasteiger partial charge in [-0.05, 0) is 12.0 Å². The molecular formula is C15H24O2. The summed E-state index contributed by atoms with van der Waals surface area (Å²) < 4.78 is 5.16. The van der Waals surface area contributed by atoms with Gasteiger partial charge in [0.1, 0.15) is 0 Å². The van der Waals surface area contributed by atoms with E-state index in [2.05, 4.69) is 0 Å². The first-order valence-electron chi connectivity index (χ1n) is 6.44. The van der Waals surface area contributed by atoms with E-state index >= 15 is 0 Å². The Morgan fingerprint density at radius 1 is 1.24 bits per heavy atom. The van der Waals surface area contributed by atoms with Crippen LogP contribution in [0.4, 0.5) is 0 Å². The van der Waals surface area contributed by atoms with Gasteiger partial charge in [-0.15, -0.1) is 0 Å². The first-order valence-corrected chi connectivity index (χ1v) is 6.44. The van der Waals surface area contributed by atoms with Crippen LogP contribution < -0.4 is 0 Å². The van der Waals surface area contributed by atoms with Gasteiger partial charge in [-0.2, -0.15) is 0 Å². The van der Waals surface area contributed by atoms with Crippen molar-refractivity contribution in [1.82, 2.24) is 0 Å². The van der Waals surface area contributed by atoms with Crippen LogP contribution in [0.3, 0.4) is 0 Å². The molecule has 0 saturated carbocycles. The summed E-state index contributed by atoms with van der Waals surface area (Å²) in [6.07, 6.45) is 1.63. The van der Waals surface area contributed by atoms with Crippen molar-refractivity contribution in [2.45, 2.75) is 40.5 Å². The number of rotatable bonds is 5. The number of carbonyl (C=O) groups excluding carboxylic acids is 1. The fourth-order valence-corrected chi connectivity index (χ4v) is 1.22. The van der Waals surface area contributed by atoms with Gasteiger partial charge >= 0.3 is 5.97 Å². The molecule has 0 amide bonds. The van der Waals surface area contributed by atoms with E-state index in [1.165, 1.54) is 5.56 Å². The summed E-state index contributed by atoms with van der Waals surface area (Å²) in [5, 5.41) is 0. The molecular weight excluding hydrogens is 212 g/mol. The molecule has 0 spiro atoms. The van der Waals surface area contributed by atoms with Crippen molar-refractivity contribution in [1.29, 1.82) is 0 Å². The second-order valence-electron chi connectivity index (χ2n) is 3.71. The molecule has 0 radical (unpaired) electrons. The zero-order valence-corrected chi connectivity index (χ0v) is 11.4. The monoisotopic (exact) mass is 236 g/mol. The maximum absolute atomic E-state index is 11.3. The smallest absolute Gasteiger partial charge is 0.308 e. The molecule has 1 unspecified atom stereocenters. The third-order valence-corrected chi connectivity index (χ3v) is 2.49. The van der Waals surface area contributed by atoms with Crippen LogP contribution in [0.1, 0.15) is 39.7 Å². The zero-order chi connectivity index (χ0) is 13.1. The van der Waals surface area contributed by atoms with Crippen molar-refractivity contribution in [2.24, 2.45) is 5.92 Å². The Bertz CT molecular complexity index is 293. The van der Waals surface area contributed by atoms with Gasteiger partial charge in [0.05, 0.1) is 12.5 Å². The molecule has 0 N–H and O–H groups in total. The topological polar surface area (TPSA) is 26.3 Å². The van der Waals surface area contributed by atoms with Crippen molar-refractivity contribution in [3.8, 4) is 0 Å². The second-order valence-corrected chi connectivity index (χ2v) is 3.71. The summed E-state index contributed by atoms with van der Waals surface area (Å²) in [5.74, 6) is -0.0748. The van der Waals surface area contributed by atoms with Gasteiger partial charge in [0.15, 0.2) is 0 Å². The summed E-state index contributed by atoms with van der Waals surface area (Å²) in [6, 6.07) is 10.0. The minimum atomic E-state index is -0.0894. The SMILES string of the molecule is CC.CCC(C)C(=O)OCCc1ccccc1. The Morgan fingerprint density at radius 3 is 2.35 bits per heavy atom. The van der Waals surface area contributed by atoms with E-state index in [-0.39, 0.29) is 11.9 Å². The normalized spacial score (nSPS) is 11.1. The summed E-state index contributed by atoms with van der Waals surface area (Å²) in [4.78, 5) is 11.3. The van der Waals surface area contributed by atoms with E-state index in [0.717, 1.165) is 12.8 Å². The highest BCUT2D eigenvalue weighted by Gasteiger charge is 2.11. The maximum Gasteiger partial charge on any atom is 0.308 e. The largest absolute Gasteiger partial charge is 0.465 e. The molecule has 2 heteroatoms. The molecule has 96 valence electrons. The molecule has 0 aromatic heterocycles. The number of benzene rings is 1. The van der Waals surface area contributed by atoms with Crippen molar-refractivity contribution >= 4 is 5.97 Å². The fourth-order valence-electron chi connectivity index (χ4n) is 1.22. The molecule has 17 heavy (non-hydrogen) atoms. The van der Waals surface area contributed by atoms with Crippen LogP contribution >= 0.6 is 0 Å². The standard InChI is InChI=1S/C13H18O2.C2H6/c1-3-11(2)13(14)15-10-9-12-7-5-4-6-8-12;1-2/h4-8,11H,3,9-10H2,1-2H3;1-2H3. The van der Waals surface area contributed by atoms with Crippen LogP contribution in [0.5, 0.6) is 0 Å². The third kappa shape index (κ3) is 6.77. The van der Waals surface area contributed by atoms with E-state index in [9.17, 15) is 4.79 Å². The van der Waals surface area contributed by atoms with Gasteiger partial charge in [0.2, 0.25) is 0 Å². The highest BCUT2D eigenvalue weighted by molar-refractivity contribution is 5.71. The van der Waals surface area contributed by atoms with Gasteiger partial charge < -0.3 is 4.74 Å². The summed E-state index contributed by atoms with van der Waals surface area (Å²) in [7, 11) is 0. The molecule has 1 rings (SSSR count). The highest BCUT2D eigenvalue weighted by atomic mass is 16.5. The average molecular weight is 236 g/mol. The summed E-state index contributed by atoms with van der Waals surface area (Å²) in [6.45, 7) is 8.36. The Balaban J connectivity index is 0.00000121. The first-order chi connectivity index (χ1) is 8.24. The van der Waals surface area contributed by atoms with Crippen LogP contribution in [0.15, 0.2) is 30.3 Å². The van der Waals surface area contributed by atoms with Crippen molar-refractivity contribution in [3.05, 3.63) is 35.9 Å². The number of carbonyl (C=O) groups is 1. The number of hydrogen-bond donors (Lipinski definition) is 0. The quantitative estimate of drug-likeness (QED) is 0.726. The van der Waals surface area contributed by atoms with Gasteiger partial charge in [0, 0.05) is 6.42 Å². The summed E-state index contributed by atoms with van der Waals surface area (Å²) >= 11 is 0. The van der Waals surface area contributed by atoms with Crippen LogP contribution in [-0.2, 0) is 16.0 Å². The van der Waals surface area contributed by atoms with Gasteiger partial charge in [-0.1, -0.05) is 58.0 Å². The lowest BCUT2D eigenvalue weighted by Crippen LogP contribution is -2.15. The fraction of sp³-hybridized carbons (Fsp3) is 0.533. The van der Waals surface area contributed by atoms with Crippen molar-refractivity contribution in [3.63, 3.8) is 0 Å². The first kappa shape index (κ1) is 15.7. The Kier molecular flexibility index (Phi) is 9.12. The van der Waals surface area contributed by atoms with Crippen molar-refractivity contribution in [2.75, 3.05) is 6.61 Å².